The Morgan fingerprint density at radius 3 is 2.86 bits per heavy atom. The number of amides is 1. The molecule has 4 rings (SSSR count). The van der Waals surface area contributed by atoms with Crippen LogP contribution in [0, 0.1) is 6.92 Å². The Balaban J connectivity index is 1.43. The molecular formula is C21H21N5O2. The van der Waals surface area contributed by atoms with Crippen molar-refractivity contribution in [3.8, 4) is 0 Å². The highest BCUT2D eigenvalue weighted by Gasteiger charge is 2.14. The van der Waals surface area contributed by atoms with Gasteiger partial charge in [-0.05, 0) is 37.6 Å². The average Bonchev–Trinajstić information content (AvgIpc) is 3.12. The first kappa shape index (κ1) is 17.9. The van der Waals surface area contributed by atoms with E-state index in [-0.39, 0.29) is 30.5 Å². The third-order valence-corrected chi connectivity index (χ3v) is 4.83. The SMILES string of the molecule is Cc1cccc2c(=O)n(CCC(=O)N[C@H](C)c3nc4ccccc4[nH]3)cnc12. The second-order valence-electron chi connectivity index (χ2n) is 6.89. The lowest BCUT2D eigenvalue weighted by atomic mass is 10.1. The number of rotatable bonds is 5. The third kappa shape index (κ3) is 3.38. The molecule has 0 unspecified atom stereocenters. The topological polar surface area (TPSA) is 92.7 Å². The first-order valence-corrected chi connectivity index (χ1v) is 9.21. The van der Waals surface area contributed by atoms with Crippen molar-refractivity contribution in [3.05, 3.63) is 70.5 Å². The quantitative estimate of drug-likeness (QED) is 0.561. The molecule has 2 heterocycles. The number of aromatic nitrogens is 4. The highest BCUT2D eigenvalue weighted by molar-refractivity contribution is 5.80. The molecule has 2 N–H and O–H groups in total. The summed E-state index contributed by atoms with van der Waals surface area (Å²) >= 11 is 0. The van der Waals surface area contributed by atoms with Crippen LogP contribution < -0.4 is 10.9 Å². The van der Waals surface area contributed by atoms with Gasteiger partial charge in [0.1, 0.15) is 5.82 Å². The maximum Gasteiger partial charge on any atom is 0.261 e. The molecule has 0 aliphatic heterocycles. The van der Waals surface area contributed by atoms with Gasteiger partial charge in [0.2, 0.25) is 5.91 Å². The van der Waals surface area contributed by atoms with Gasteiger partial charge in [-0.2, -0.15) is 0 Å². The maximum atomic E-state index is 12.6. The van der Waals surface area contributed by atoms with Gasteiger partial charge in [-0.1, -0.05) is 24.3 Å². The third-order valence-electron chi connectivity index (χ3n) is 4.83. The smallest absolute Gasteiger partial charge is 0.261 e. The van der Waals surface area contributed by atoms with Crippen molar-refractivity contribution in [1.29, 1.82) is 0 Å². The van der Waals surface area contributed by atoms with E-state index in [9.17, 15) is 9.59 Å². The number of hydrogen-bond donors (Lipinski definition) is 2. The number of carbonyl (C=O) groups excluding carboxylic acids is 1. The molecule has 28 heavy (non-hydrogen) atoms. The summed E-state index contributed by atoms with van der Waals surface area (Å²) in [7, 11) is 0. The van der Waals surface area contributed by atoms with Crippen LogP contribution in [0.15, 0.2) is 53.6 Å². The van der Waals surface area contributed by atoms with Crippen LogP contribution in [0.25, 0.3) is 21.9 Å². The lowest BCUT2D eigenvalue weighted by molar-refractivity contribution is -0.122. The molecule has 1 atom stereocenters. The first-order chi connectivity index (χ1) is 13.5. The number of nitrogens with zero attached hydrogens (tertiary/aromatic N) is 3. The molecule has 0 radical (unpaired) electrons. The van der Waals surface area contributed by atoms with Crippen LogP contribution in [0.4, 0.5) is 0 Å². The van der Waals surface area contributed by atoms with Crippen LogP contribution >= 0.6 is 0 Å². The van der Waals surface area contributed by atoms with Gasteiger partial charge < -0.3 is 10.3 Å². The molecule has 0 fully saturated rings. The van der Waals surface area contributed by atoms with Crippen molar-refractivity contribution in [2.24, 2.45) is 0 Å². The van der Waals surface area contributed by atoms with Gasteiger partial charge in [-0.25, -0.2) is 9.97 Å². The van der Waals surface area contributed by atoms with Gasteiger partial charge in [0.15, 0.2) is 0 Å². The number of H-pyrrole nitrogens is 1. The van der Waals surface area contributed by atoms with Crippen molar-refractivity contribution in [1.82, 2.24) is 24.8 Å². The van der Waals surface area contributed by atoms with E-state index in [2.05, 4.69) is 20.3 Å². The lowest BCUT2D eigenvalue weighted by Gasteiger charge is -2.12. The predicted octanol–water partition coefficient (Wildman–Crippen LogP) is 2.85. The standard InChI is InChI=1S/C21H21N5O2/c1-13-6-5-7-15-19(13)22-12-26(21(15)28)11-10-18(27)23-14(2)20-24-16-8-3-4-9-17(16)25-20/h3-9,12,14H,10-11H2,1-2H3,(H,23,27)(H,24,25)/t14-/m1/s1. The summed E-state index contributed by atoms with van der Waals surface area (Å²) in [5.74, 6) is 0.554. The fraction of sp³-hybridized carbons (Fsp3) is 0.238. The van der Waals surface area contributed by atoms with Crippen LogP contribution in [-0.2, 0) is 11.3 Å². The minimum Gasteiger partial charge on any atom is -0.346 e. The summed E-state index contributed by atoms with van der Waals surface area (Å²) in [5, 5.41) is 3.49. The minimum absolute atomic E-state index is 0.133. The Hall–Kier alpha value is -3.48. The van der Waals surface area contributed by atoms with Crippen molar-refractivity contribution in [3.63, 3.8) is 0 Å². The second kappa shape index (κ2) is 7.26. The summed E-state index contributed by atoms with van der Waals surface area (Å²) in [6.45, 7) is 4.07. The van der Waals surface area contributed by atoms with Crippen molar-refractivity contribution < 1.29 is 4.79 Å². The number of hydrogen-bond acceptors (Lipinski definition) is 4. The van der Waals surface area contributed by atoms with E-state index >= 15 is 0 Å². The molecule has 2 aromatic heterocycles. The average molecular weight is 375 g/mol. The van der Waals surface area contributed by atoms with Gasteiger partial charge >= 0.3 is 0 Å². The van der Waals surface area contributed by atoms with E-state index in [1.54, 1.807) is 6.07 Å². The Morgan fingerprint density at radius 2 is 2.04 bits per heavy atom. The van der Waals surface area contributed by atoms with Gasteiger partial charge in [0, 0.05) is 13.0 Å². The fourth-order valence-electron chi connectivity index (χ4n) is 3.28. The number of carbonyl (C=O) groups is 1. The number of benzene rings is 2. The van der Waals surface area contributed by atoms with Crippen molar-refractivity contribution in [2.75, 3.05) is 0 Å². The largest absolute Gasteiger partial charge is 0.346 e. The molecule has 0 aliphatic carbocycles. The highest BCUT2D eigenvalue weighted by Crippen LogP contribution is 2.15. The van der Waals surface area contributed by atoms with Crippen LogP contribution in [0.1, 0.15) is 30.8 Å². The summed E-state index contributed by atoms with van der Waals surface area (Å²) in [5.41, 5.74) is 3.32. The van der Waals surface area contributed by atoms with Crippen molar-refractivity contribution >= 4 is 27.8 Å². The second-order valence-corrected chi connectivity index (χ2v) is 6.89. The summed E-state index contributed by atoms with van der Waals surface area (Å²) in [6, 6.07) is 13.0. The van der Waals surface area contributed by atoms with E-state index in [0.29, 0.717) is 16.7 Å². The van der Waals surface area contributed by atoms with Crippen LogP contribution in [0.2, 0.25) is 0 Å². The van der Waals surface area contributed by atoms with Gasteiger partial charge in [-0.3, -0.25) is 14.2 Å². The molecular weight excluding hydrogens is 354 g/mol. The van der Waals surface area contributed by atoms with E-state index in [4.69, 9.17) is 0 Å². The zero-order chi connectivity index (χ0) is 19.7. The number of para-hydroxylation sites is 3. The Morgan fingerprint density at radius 1 is 1.21 bits per heavy atom. The molecule has 1 amide bonds. The number of imidazole rings is 1. The number of nitrogens with one attached hydrogen (secondary N) is 2. The molecule has 0 saturated heterocycles. The van der Waals surface area contributed by atoms with E-state index in [1.807, 2.05) is 50.2 Å². The van der Waals surface area contributed by atoms with Crippen LogP contribution in [0.3, 0.4) is 0 Å². The first-order valence-electron chi connectivity index (χ1n) is 9.21. The van der Waals surface area contributed by atoms with Gasteiger partial charge in [0.05, 0.1) is 34.3 Å². The number of fused-ring (bicyclic) bond motifs is 2. The predicted molar refractivity (Wildman–Crippen MR) is 108 cm³/mol. The van der Waals surface area contributed by atoms with Crippen LogP contribution in [0.5, 0.6) is 0 Å². The van der Waals surface area contributed by atoms with E-state index < -0.39 is 0 Å². The summed E-state index contributed by atoms with van der Waals surface area (Å²) < 4.78 is 1.48. The summed E-state index contributed by atoms with van der Waals surface area (Å²) in [6.07, 6.45) is 1.69. The molecule has 0 spiro atoms. The van der Waals surface area contributed by atoms with E-state index in [0.717, 1.165) is 16.6 Å². The molecule has 0 bridgehead atoms. The highest BCUT2D eigenvalue weighted by atomic mass is 16.2. The summed E-state index contributed by atoms with van der Waals surface area (Å²) in [4.78, 5) is 37.1. The van der Waals surface area contributed by atoms with Gasteiger partial charge in [-0.15, -0.1) is 0 Å². The van der Waals surface area contributed by atoms with Crippen molar-refractivity contribution in [2.45, 2.75) is 32.9 Å². The molecule has 7 heteroatoms. The number of aryl methyl sites for hydroxylation is 2. The monoisotopic (exact) mass is 375 g/mol. The zero-order valence-electron chi connectivity index (χ0n) is 15.8. The Labute approximate surface area is 161 Å². The van der Waals surface area contributed by atoms with Crippen LogP contribution in [-0.4, -0.2) is 25.4 Å². The molecule has 7 nitrogen and oxygen atoms in total. The molecule has 2 aromatic carbocycles. The molecule has 142 valence electrons. The molecule has 0 saturated carbocycles. The van der Waals surface area contributed by atoms with Gasteiger partial charge in [0.25, 0.3) is 5.56 Å². The van der Waals surface area contributed by atoms with E-state index in [1.165, 1.54) is 10.9 Å². The Bertz CT molecular complexity index is 1190. The number of aromatic amines is 1. The fourth-order valence-corrected chi connectivity index (χ4v) is 3.28. The maximum absolute atomic E-state index is 12.6. The molecule has 4 aromatic rings. The zero-order valence-corrected chi connectivity index (χ0v) is 15.8. The molecule has 0 aliphatic rings. The lowest BCUT2D eigenvalue weighted by Crippen LogP contribution is -2.30. The minimum atomic E-state index is -0.256. The Kier molecular flexibility index (Phi) is 4.65. The normalized spacial score (nSPS) is 12.4.